The van der Waals surface area contributed by atoms with E-state index in [4.69, 9.17) is 5.73 Å². The maximum atomic E-state index is 12.0. The third-order valence-electron chi connectivity index (χ3n) is 3.89. The molecule has 3 N–H and O–H groups in total. The van der Waals surface area contributed by atoms with Crippen molar-refractivity contribution >= 4 is 34.8 Å². The second kappa shape index (κ2) is 7.96. The molecular weight excluding hydrogens is 294 g/mol. The maximum absolute atomic E-state index is 12.0. The van der Waals surface area contributed by atoms with E-state index in [1.807, 2.05) is 13.8 Å². The van der Waals surface area contributed by atoms with Crippen LogP contribution in [0, 0.1) is 5.92 Å². The highest BCUT2D eigenvalue weighted by Crippen LogP contribution is 2.29. The van der Waals surface area contributed by atoms with Gasteiger partial charge in [-0.15, -0.1) is 23.7 Å². The molecule has 0 bridgehead atoms. The molecule has 0 saturated carbocycles. The lowest BCUT2D eigenvalue weighted by molar-refractivity contribution is -0.118. The summed E-state index contributed by atoms with van der Waals surface area (Å²) in [5, 5.41) is 3.60. The predicted molar refractivity (Wildman–Crippen MR) is 86.7 cm³/mol. The van der Waals surface area contributed by atoms with Gasteiger partial charge in [0, 0.05) is 4.88 Å². The summed E-state index contributed by atoms with van der Waals surface area (Å²) in [7, 11) is 0. The van der Waals surface area contributed by atoms with E-state index in [9.17, 15) is 4.79 Å². The van der Waals surface area contributed by atoms with Gasteiger partial charge in [-0.25, -0.2) is 4.98 Å². The molecule has 2 unspecified atom stereocenters. The number of hydrogen-bond acceptors (Lipinski definition) is 4. The van der Waals surface area contributed by atoms with Crippen molar-refractivity contribution < 1.29 is 4.79 Å². The summed E-state index contributed by atoms with van der Waals surface area (Å²) in [6, 6.07) is -0.450. The van der Waals surface area contributed by atoms with Crippen LogP contribution >= 0.6 is 23.7 Å². The Labute approximate surface area is 131 Å². The summed E-state index contributed by atoms with van der Waals surface area (Å²) in [6.07, 6.45) is 6.76. The van der Waals surface area contributed by atoms with Crippen LogP contribution in [-0.4, -0.2) is 16.9 Å². The van der Waals surface area contributed by atoms with Crippen LogP contribution in [0.3, 0.4) is 0 Å². The summed E-state index contributed by atoms with van der Waals surface area (Å²) in [4.78, 5) is 17.9. The topological polar surface area (TPSA) is 68.0 Å². The molecule has 0 spiro atoms. The van der Waals surface area contributed by atoms with Gasteiger partial charge < -0.3 is 11.1 Å². The van der Waals surface area contributed by atoms with Gasteiger partial charge in [0.2, 0.25) is 5.91 Å². The van der Waals surface area contributed by atoms with E-state index in [1.54, 1.807) is 11.3 Å². The molecule has 4 nitrogen and oxygen atoms in total. The van der Waals surface area contributed by atoms with Crippen molar-refractivity contribution in [2.45, 2.75) is 58.4 Å². The van der Waals surface area contributed by atoms with Crippen molar-refractivity contribution in [3.63, 3.8) is 0 Å². The maximum Gasteiger partial charge on any atom is 0.243 e. The Balaban J connectivity index is 0.00000200. The summed E-state index contributed by atoms with van der Waals surface area (Å²) in [6.45, 7) is 4.05. The number of hydrogen-bond donors (Lipinski definition) is 2. The first-order valence-electron chi connectivity index (χ1n) is 7.16. The van der Waals surface area contributed by atoms with E-state index in [-0.39, 0.29) is 24.2 Å². The van der Waals surface area contributed by atoms with Crippen molar-refractivity contribution in [2.75, 3.05) is 5.32 Å². The number of nitrogens with one attached hydrogen (secondary N) is 1. The number of nitrogens with zero attached hydrogens (tertiary/aromatic N) is 1. The van der Waals surface area contributed by atoms with E-state index in [0.717, 1.165) is 24.4 Å². The quantitative estimate of drug-likeness (QED) is 0.838. The molecule has 114 valence electrons. The zero-order chi connectivity index (χ0) is 13.8. The molecule has 0 aromatic carbocycles. The van der Waals surface area contributed by atoms with Crippen molar-refractivity contribution in [2.24, 2.45) is 11.7 Å². The van der Waals surface area contributed by atoms with Crippen LogP contribution in [-0.2, 0) is 17.6 Å². The monoisotopic (exact) mass is 317 g/mol. The molecule has 0 aliphatic heterocycles. The molecule has 0 radical (unpaired) electrons. The SMILES string of the molecule is CCC(C)C(N)C(=O)Nc1nc2c(s1)CCCCC2.Cl. The van der Waals surface area contributed by atoms with Crippen LogP contribution in [0.4, 0.5) is 5.13 Å². The molecular formula is C14H24ClN3OS. The fourth-order valence-electron chi connectivity index (χ4n) is 2.28. The van der Waals surface area contributed by atoms with E-state index >= 15 is 0 Å². The number of amides is 1. The number of carbonyl (C=O) groups excluding carboxylic acids is 1. The first kappa shape index (κ1) is 17.4. The van der Waals surface area contributed by atoms with E-state index in [2.05, 4.69) is 10.3 Å². The van der Waals surface area contributed by atoms with Gasteiger partial charge in [0.15, 0.2) is 5.13 Å². The number of rotatable bonds is 4. The van der Waals surface area contributed by atoms with Crippen LogP contribution in [0.5, 0.6) is 0 Å². The molecule has 1 aliphatic rings. The Bertz CT molecular complexity index is 426. The van der Waals surface area contributed by atoms with Gasteiger partial charge in [0.25, 0.3) is 0 Å². The highest BCUT2D eigenvalue weighted by atomic mass is 35.5. The zero-order valence-corrected chi connectivity index (χ0v) is 13.8. The minimum absolute atomic E-state index is 0. The summed E-state index contributed by atoms with van der Waals surface area (Å²) in [5.74, 6) is 0.0797. The normalized spacial score (nSPS) is 17.4. The van der Waals surface area contributed by atoms with Gasteiger partial charge in [0.05, 0.1) is 11.7 Å². The van der Waals surface area contributed by atoms with Crippen LogP contribution in [0.25, 0.3) is 0 Å². The molecule has 2 rings (SSSR count). The average molecular weight is 318 g/mol. The molecule has 2 atom stereocenters. The Hall–Kier alpha value is -0.650. The van der Waals surface area contributed by atoms with Gasteiger partial charge in [-0.1, -0.05) is 26.7 Å². The largest absolute Gasteiger partial charge is 0.320 e. The number of halogens is 1. The number of fused-ring (bicyclic) bond motifs is 1. The Morgan fingerprint density at radius 2 is 2.10 bits per heavy atom. The molecule has 6 heteroatoms. The first-order chi connectivity index (χ1) is 9.11. The van der Waals surface area contributed by atoms with Crippen molar-refractivity contribution in [3.8, 4) is 0 Å². The number of thiazole rings is 1. The summed E-state index contributed by atoms with van der Waals surface area (Å²) in [5.41, 5.74) is 7.11. The summed E-state index contributed by atoms with van der Waals surface area (Å²) >= 11 is 1.62. The highest BCUT2D eigenvalue weighted by Gasteiger charge is 2.21. The first-order valence-corrected chi connectivity index (χ1v) is 7.98. The van der Waals surface area contributed by atoms with Crippen molar-refractivity contribution in [3.05, 3.63) is 10.6 Å². The van der Waals surface area contributed by atoms with Crippen LogP contribution in [0.1, 0.15) is 50.1 Å². The lowest BCUT2D eigenvalue weighted by Crippen LogP contribution is -2.40. The lowest BCUT2D eigenvalue weighted by atomic mass is 10.00. The molecule has 1 amide bonds. The molecule has 1 aliphatic carbocycles. The Morgan fingerprint density at radius 3 is 2.80 bits per heavy atom. The molecule has 1 aromatic heterocycles. The van der Waals surface area contributed by atoms with Crippen LogP contribution in [0.2, 0.25) is 0 Å². The minimum atomic E-state index is -0.450. The number of aryl methyl sites for hydroxylation is 2. The molecule has 1 heterocycles. The highest BCUT2D eigenvalue weighted by molar-refractivity contribution is 7.15. The smallest absolute Gasteiger partial charge is 0.243 e. The van der Waals surface area contributed by atoms with E-state index < -0.39 is 6.04 Å². The molecule has 20 heavy (non-hydrogen) atoms. The minimum Gasteiger partial charge on any atom is -0.320 e. The van der Waals surface area contributed by atoms with Crippen molar-refractivity contribution in [1.82, 2.24) is 4.98 Å². The predicted octanol–water partition coefficient (Wildman–Crippen LogP) is 3.15. The van der Waals surface area contributed by atoms with E-state index in [1.165, 1.54) is 29.8 Å². The van der Waals surface area contributed by atoms with Gasteiger partial charge >= 0.3 is 0 Å². The van der Waals surface area contributed by atoms with Gasteiger partial charge in [-0.3, -0.25) is 4.79 Å². The van der Waals surface area contributed by atoms with Gasteiger partial charge in [-0.2, -0.15) is 0 Å². The average Bonchev–Trinajstić information content (AvgIpc) is 2.65. The second-order valence-corrected chi connectivity index (χ2v) is 6.43. The fourth-order valence-corrected chi connectivity index (χ4v) is 3.34. The molecule has 1 aromatic rings. The van der Waals surface area contributed by atoms with Gasteiger partial charge in [0.1, 0.15) is 0 Å². The van der Waals surface area contributed by atoms with Crippen LogP contribution < -0.4 is 11.1 Å². The van der Waals surface area contributed by atoms with Gasteiger partial charge in [-0.05, 0) is 31.6 Å². The van der Waals surface area contributed by atoms with Crippen LogP contribution in [0.15, 0.2) is 0 Å². The Morgan fingerprint density at radius 1 is 1.40 bits per heavy atom. The second-order valence-electron chi connectivity index (χ2n) is 5.35. The van der Waals surface area contributed by atoms with Crippen molar-refractivity contribution in [1.29, 1.82) is 0 Å². The molecule has 0 fully saturated rings. The Kier molecular flexibility index (Phi) is 6.92. The van der Waals surface area contributed by atoms with E-state index in [0.29, 0.717) is 0 Å². The molecule has 0 saturated heterocycles. The number of aromatic nitrogens is 1. The standard InChI is InChI=1S/C14H23N3OS.ClH/c1-3-9(2)12(15)13(18)17-14-16-10-7-5-4-6-8-11(10)19-14;/h9,12H,3-8,15H2,1-2H3,(H,16,17,18);1H. The fraction of sp³-hybridized carbons (Fsp3) is 0.714. The number of anilines is 1. The lowest BCUT2D eigenvalue weighted by Gasteiger charge is -2.16. The zero-order valence-electron chi connectivity index (χ0n) is 12.1. The number of carbonyl (C=O) groups is 1. The number of nitrogens with two attached hydrogens (primary N) is 1. The third kappa shape index (κ3) is 4.17. The third-order valence-corrected chi connectivity index (χ3v) is 4.96. The summed E-state index contributed by atoms with van der Waals surface area (Å²) < 4.78 is 0.